The number of halogens is 1. The lowest BCUT2D eigenvalue weighted by Gasteiger charge is -2.21. The maximum absolute atomic E-state index is 5.76. The fourth-order valence-corrected chi connectivity index (χ4v) is 2.91. The van der Waals surface area contributed by atoms with Crippen LogP contribution < -0.4 is 9.47 Å². The van der Waals surface area contributed by atoms with Crippen LogP contribution in [-0.4, -0.2) is 18.5 Å². The maximum atomic E-state index is 5.76. The van der Waals surface area contributed by atoms with Crippen molar-refractivity contribution in [1.29, 1.82) is 0 Å². The molecule has 0 spiro atoms. The molecule has 1 heterocycles. The number of benzene rings is 1. The number of hydrogen-bond acceptors (Lipinski definition) is 2. The summed E-state index contributed by atoms with van der Waals surface area (Å²) in [4.78, 5) is 0. The molecule has 1 aromatic rings. The molecule has 0 aromatic heterocycles. The van der Waals surface area contributed by atoms with Crippen LogP contribution in [0.1, 0.15) is 38.2 Å². The number of ether oxygens (including phenoxy) is 2. The van der Waals surface area contributed by atoms with Crippen molar-refractivity contribution in [3.8, 4) is 11.5 Å². The molecular weight excluding hydrogens is 292 g/mol. The molecule has 0 radical (unpaired) electrons. The van der Waals surface area contributed by atoms with Crippen molar-refractivity contribution in [1.82, 2.24) is 0 Å². The van der Waals surface area contributed by atoms with Crippen molar-refractivity contribution >= 4 is 15.9 Å². The van der Waals surface area contributed by atoms with E-state index in [1.165, 1.54) is 5.56 Å². The molecule has 2 nitrogen and oxygen atoms in total. The minimum absolute atomic E-state index is 0.571. The van der Waals surface area contributed by atoms with Crippen LogP contribution in [0.15, 0.2) is 18.2 Å². The SMILES string of the molecule is CC(C)C(CCBr)c1ccc2c(c1)OCCCO2. The Hall–Kier alpha value is -0.700. The molecule has 2 rings (SSSR count). The molecule has 100 valence electrons. The topological polar surface area (TPSA) is 18.5 Å². The minimum atomic E-state index is 0.571. The Labute approximate surface area is 118 Å². The lowest BCUT2D eigenvalue weighted by atomic mass is 9.86. The van der Waals surface area contributed by atoms with Gasteiger partial charge in [0, 0.05) is 11.8 Å². The fraction of sp³-hybridized carbons (Fsp3) is 0.600. The second-order valence-corrected chi connectivity index (χ2v) is 5.88. The molecule has 0 N–H and O–H groups in total. The highest BCUT2D eigenvalue weighted by Gasteiger charge is 2.18. The van der Waals surface area contributed by atoms with Crippen LogP contribution in [0.4, 0.5) is 0 Å². The summed E-state index contributed by atoms with van der Waals surface area (Å²) in [5.41, 5.74) is 1.36. The lowest BCUT2D eigenvalue weighted by molar-refractivity contribution is 0.297. The van der Waals surface area contributed by atoms with E-state index in [-0.39, 0.29) is 0 Å². The summed E-state index contributed by atoms with van der Waals surface area (Å²) in [7, 11) is 0. The van der Waals surface area contributed by atoms with Gasteiger partial charge in [-0.05, 0) is 36.0 Å². The zero-order chi connectivity index (χ0) is 13.0. The van der Waals surface area contributed by atoms with E-state index in [0.29, 0.717) is 11.8 Å². The zero-order valence-corrected chi connectivity index (χ0v) is 12.7. The molecule has 0 saturated heterocycles. The molecule has 0 saturated carbocycles. The highest BCUT2D eigenvalue weighted by atomic mass is 79.9. The zero-order valence-electron chi connectivity index (χ0n) is 11.1. The van der Waals surface area contributed by atoms with Crippen molar-refractivity contribution in [3.63, 3.8) is 0 Å². The van der Waals surface area contributed by atoms with Crippen molar-refractivity contribution in [2.45, 2.75) is 32.6 Å². The third-order valence-electron chi connectivity index (χ3n) is 3.42. The van der Waals surface area contributed by atoms with Gasteiger partial charge >= 0.3 is 0 Å². The second kappa shape index (κ2) is 6.46. The van der Waals surface area contributed by atoms with Crippen molar-refractivity contribution in [2.24, 2.45) is 5.92 Å². The largest absolute Gasteiger partial charge is 0.490 e. The Morgan fingerprint density at radius 2 is 1.89 bits per heavy atom. The van der Waals surface area contributed by atoms with Gasteiger partial charge in [0.2, 0.25) is 0 Å². The van der Waals surface area contributed by atoms with E-state index in [1.807, 2.05) is 0 Å². The average Bonchev–Trinajstić information content (AvgIpc) is 2.59. The highest BCUT2D eigenvalue weighted by Crippen LogP contribution is 2.36. The van der Waals surface area contributed by atoms with E-state index in [9.17, 15) is 0 Å². The van der Waals surface area contributed by atoms with Crippen LogP contribution in [0, 0.1) is 5.92 Å². The summed E-state index contributed by atoms with van der Waals surface area (Å²) >= 11 is 3.55. The molecule has 0 fully saturated rings. The molecule has 1 aliphatic rings. The van der Waals surface area contributed by atoms with E-state index < -0.39 is 0 Å². The van der Waals surface area contributed by atoms with Crippen LogP contribution in [-0.2, 0) is 0 Å². The molecule has 1 aromatic carbocycles. The number of hydrogen-bond donors (Lipinski definition) is 0. The van der Waals surface area contributed by atoms with Gasteiger partial charge in [0.25, 0.3) is 0 Å². The first-order valence-corrected chi connectivity index (χ1v) is 7.80. The Kier molecular flexibility index (Phi) is 4.93. The van der Waals surface area contributed by atoms with Crippen LogP contribution in [0.3, 0.4) is 0 Å². The number of alkyl halides is 1. The number of rotatable bonds is 4. The summed E-state index contributed by atoms with van der Waals surface area (Å²) in [6.45, 7) is 6.05. The summed E-state index contributed by atoms with van der Waals surface area (Å²) < 4.78 is 11.4. The van der Waals surface area contributed by atoms with Gasteiger partial charge in [0.15, 0.2) is 11.5 Å². The quantitative estimate of drug-likeness (QED) is 0.768. The van der Waals surface area contributed by atoms with Gasteiger partial charge in [-0.1, -0.05) is 35.8 Å². The molecule has 1 unspecified atom stereocenters. The molecule has 1 aliphatic heterocycles. The molecule has 18 heavy (non-hydrogen) atoms. The monoisotopic (exact) mass is 312 g/mol. The molecular formula is C15H21BrO2. The van der Waals surface area contributed by atoms with Gasteiger partial charge in [-0.15, -0.1) is 0 Å². The van der Waals surface area contributed by atoms with E-state index in [2.05, 4.69) is 48.0 Å². The second-order valence-electron chi connectivity index (χ2n) is 5.08. The van der Waals surface area contributed by atoms with Crippen molar-refractivity contribution < 1.29 is 9.47 Å². The summed E-state index contributed by atoms with van der Waals surface area (Å²) in [6, 6.07) is 6.40. The van der Waals surface area contributed by atoms with Gasteiger partial charge in [0.05, 0.1) is 13.2 Å². The van der Waals surface area contributed by atoms with Crippen molar-refractivity contribution in [3.05, 3.63) is 23.8 Å². The first-order valence-electron chi connectivity index (χ1n) is 6.68. The standard InChI is InChI=1S/C15H21BrO2/c1-11(2)13(6-7-16)12-4-5-14-15(10-12)18-9-3-8-17-14/h4-5,10-11,13H,3,6-9H2,1-2H3. The van der Waals surface area contributed by atoms with Gasteiger partial charge in [-0.25, -0.2) is 0 Å². The van der Waals surface area contributed by atoms with E-state index >= 15 is 0 Å². The third-order valence-corrected chi connectivity index (χ3v) is 3.88. The predicted octanol–water partition coefficient (Wildman–Crippen LogP) is 4.37. The normalized spacial score (nSPS) is 16.4. The average molecular weight is 313 g/mol. The Morgan fingerprint density at radius 3 is 2.56 bits per heavy atom. The van der Waals surface area contributed by atoms with E-state index in [1.54, 1.807) is 0 Å². The van der Waals surface area contributed by atoms with Crippen LogP contribution in [0.25, 0.3) is 0 Å². The molecule has 1 atom stereocenters. The summed E-state index contributed by atoms with van der Waals surface area (Å²) in [5.74, 6) is 3.00. The van der Waals surface area contributed by atoms with Crippen molar-refractivity contribution in [2.75, 3.05) is 18.5 Å². The summed E-state index contributed by atoms with van der Waals surface area (Å²) in [5, 5.41) is 1.03. The first kappa shape index (κ1) is 13.7. The lowest BCUT2D eigenvalue weighted by Crippen LogP contribution is -2.08. The minimum Gasteiger partial charge on any atom is -0.490 e. The van der Waals surface area contributed by atoms with Gasteiger partial charge in [-0.3, -0.25) is 0 Å². The fourth-order valence-electron chi connectivity index (χ4n) is 2.41. The van der Waals surface area contributed by atoms with Gasteiger partial charge < -0.3 is 9.47 Å². The molecule has 3 heteroatoms. The van der Waals surface area contributed by atoms with E-state index in [0.717, 1.165) is 42.9 Å². The molecule has 0 aliphatic carbocycles. The van der Waals surface area contributed by atoms with Crippen LogP contribution >= 0.6 is 15.9 Å². The van der Waals surface area contributed by atoms with Crippen LogP contribution in [0.2, 0.25) is 0 Å². The summed E-state index contributed by atoms with van der Waals surface area (Å²) in [6.07, 6.45) is 2.11. The molecule has 0 amide bonds. The Balaban J connectivity index is 2.25. The highest BCUT2D eigenvalue weighted by molar-refractivity contribution is 9.09. The Morgan fingerprint density at radius 1 is 1.17 bits per heavy atom. The van der Waals surface area contributed by atoms with E-state index in [4.69, 9.17) is 9.47 Å². The van der Waals surface area contributed by atoms with Crippen LogP contribution in [0.5, 0.6) is 11.5 Å². The Bertz CT molecular complexity index is 390. The predicted molar refractivity (Wildman–Crippen MR) is 78.0 cm³/mol. The smallest absolute Gasteiger partial charge is 0.161 e. The third kappa shape index (κ3) is 3.19. The first-order chi connectivity index (χ1) is 8.72. The number of fused-ring (bicyclic) bond motifs is 1. The molecule has 0 bridgehead atoms. The van der Waals surface area contributed by atoms with Gasteiger partial charge in [0.1, 0.15) is 0 Å². The maximum Gasteiger partial charge on any atom is 0.161 e. The van der Waals surface area contributed by atoms with Gasteiger partial charge in [-0.2, -0.15) is 0 Å².